The lowest BCUT2D eigenvalue weighted by Crippen LogP contribution is -2.48. The first-order chi connectivity index (χ1) is 9.70. The molecule has 1 N–H and O–H groups in total. The van der Waals surface area contributed by atoms with Crippen LogP contribution in [0.4, 0.5) is 5.69 Å². The van der Waals surface area contributed by atoms with Crippen molar-refractivity contribution in [2.75, 3.05) is 11.4 Å². The second-order valence-corrected chi connectivity index (χ2v) is 6.86. The lowest BCUT2D eigenvalue weighted by atomic mass is 9.98. The highest BCUT2D eigenvalue weighted by molar-refractivity contribution is 7.09. The second-order valence-electron chi connectivity index (χ2n) is 5.83. The Hall–Kier alpha value is -1.32. The third-order valence-corrected chi connectivity index (χ3v) is 5.15. The number of thiophene rings is 1. The molecule has 0 bridgehead atoms. The SMILES string of the molecule is CCC1(C)CN(Cc2cccs2)c2ccccc2CN1. The van der Waals surface area contributed by atoms with Gasteiger partial charge in [-0.3, -0.25) is 0 Å². The summed E-state index contributed by atoms with van der Waals surface area (Å²) < 4.78 is 0. The van der Waals surface area contributed by atoms with Gasteiger partial charge < -0.3 is 10.2 Å². The van der Waals surface area contributed by atoms with E-state index in [9.17, 15) is 0 Å². The minimum absolute atomic E-state index is 0.177. The summed E-state index contributed by atoms with van der Waals surface area (Å²) in [5.41, 5.74) is 2.96. The van der Waals surface area contributed by atoms with Gasteiger partial charge >= 0.3 is 0 Å². The van der Waals surface area contributed by atoms with Gasteiger partial charge in [0.1, 0.15) is 0 Å². The average molecular weight is 286 g/mol. The molecule has 1 unspecified atom stereocenters. The maximum absolute atomic E-state index is 3.74. The second kappa shape index (κ2) is 5.58. The summed E-state index contributed by atoms with van der Waals surface area (Å²) in [6.07, 6.45) is 1.14. The summed E-state index contributed by atoms with van der Waals surface area (Å²) in [6.45, 7) is 7.62. The van der Waals surface area contributed by atoms with Crippen LogP contribution in [-0.4, -0.2) is 12.1 Å². The van der Waals surface area contributed by atoms with Gasteiger partial charge in [0.05, 0.1) is 6.54 Å². The molecule has 0 radical (unpaired) electrons. The van der Waals surface area contributed by atoms with Gasteiger partial charge in [0.15, 0.2) is 0 Å². The maximum atomic E-state index is 3.74. The van der Waals surface area contributed by atoms with Crippen molar-refractivity contribution in [1.29, 1.82) is 0 Å². The Bertz CT molecular complexity index is 564. The molecule has 3 rings (SSSR count). The number of benzene rings is 1. The minimum atomic E-state index is 0.177. The molecule has 2 heterocycles. The quantitative estimate of drug-likeness (QED) is 0.916. The van der Waals surface area contributed by atoms with Gasteiger partial charge in [-0.2, -0.15) is 0 Å². The van der Waals surface area contributed by atoms with E-state index in [2.05, 4.69) is 65.8 Å². The van der Waals surface area contributed by atoms with Gasteiger partial charge in [-0.15, -0.1) is 11.3 Å². The van der Waals surface area contributed by atoms with Crippen molar-refractivity contribution >= 4 is 17.0 Å². The Morgan fingerprint density at radius 3 is 2.85 bits per heavy atom. The van der Waals surface area contributed by atoms with Gasteiger partial charge in [0.2, 0.25) is 0 Å². The van der Waals surface area contributed by atoms with Gasteiger partial charge in [-0.05, 0) is 36.4 Å². The Balaban J connectivity index is 1.94. The molecule has 0 amide bonds. The molecular formula is C17H22N2S. The van der Waals surface area contributed by atoms with Crippen LogP contribution in [-0.2, 0) is 13.1 Å². The van der Waals surface area contributed by atoms with Gasteiger partial charge in [0.25, 0.3) is 0 Å². The van der Waals surface area contributed by atoms with Crippen molar-refractivity contribution in [1.82, 2.24) is 5.32 Å². The first-order valence-corrected chi connectivity index (χ1v) is 8.18. The summed E-state index contributed by atoms with van der Waals surface area (Å²) in [6, 6.07) is 13.2. The third-order valence-electron chi connectivity index (χ3n) is 4.28. The number of hydrogen-bond acceptors (Lipinski definition) is 3. The zero-order valence-corrected chi connectivity index (χ0v) is 13.0. The predicted molar refractivity (Wildman–Crippen MR) is 87.3 cm³/mol. The molecule has 2 nitrogen and oxygen atoms in total. The summed E-state index contributed by atoms with van der Waals surface area (Å²) in [7, 11) is 0. The highest BCUT2D eigenvalue weighted by atomic mass is 32.1. The zero-order chi connectivity index (χ0) is 14.0. The van der Waals surface area contributed by atoms with Crippen LogP contribution in [0.3, 0.4) is 0 Å². The molecule has 20 heavy (non-hydrogen) atoms. The molecule has 106 valence electrons. The van der Waals surface area contributed by atoms with Crippen molar-refractivity contribution in [2.24, 2.45) is 0 Å². The molecule has 0 saturated carbocycles. The number of nitrogens with one attached hydrogen (secondary N) is 1. The third kappa shape index (κ3) is 2.74. The molecule has 0 fully saturated rings. The fourth-order valence-electron chi connectivity index (χ4n) is 2.81. The summed E-state index contributed by atoms with van der Waals surface area (Å²) in [5, 5.41) is 5.90. The van der Waals surface area contributed by atoms with Crippen LogP contribution >= 0.6 is 11.3 Å². The molecule has 1 atom stereocenters. The highest BCUT2D eigenvalue weighted by Gasteiger charge is 2.29. The van der Waals surface area contributed by atoms with Crippen LogP contribution < -0.4 is 10.2 Å². The maximum Gasteiger partial charge on any atom is 0.0523 e. The summed E-state index contributed by atoms with van der Waals surface area (Å²) in [4.78, 5) is 3.96. The van der Waals surface area contributed by atoms with Gasteiger partial charge in [-0.25, -0.2) is 0 Å². The number of nitrogens with zero attached hydrogens (tertiary/aromatic N) is 1. The fourth-order valence-corrected chi connectivity index (χ4v) is 3.53. The van der Waals surface area contributed by atoms with E-state index in [0.717, 1.165) is 26.1 Å². The Labute approximate surface area is 125 Å². The van der Waals surface area contributed by atoms with E-state index in [4.69, 9.17) is 0 Å². The van der Waals surface area contributed by atoms with E-state index in [1.54, 1.807) is 0 Å². The van der Waals surface area contributed by atoms with Crippen molar-refractivity contribution in [3.8, 4) is 0 Å². The average Bonchev–Trinajstić information content (AvgIpc) is 2.93. The van der Waals surface area contributed by atoms with Crippen LogP contribution in [0.15, 0.2) is 41.8 Å². The normalized spacial score (nSPS) is 22.4. The topological polar surface area (TPSA) is 15.3 Å². The summed E-state index contributed by atoms with van der Waals surface area (Å²) in [5.74, 6) is 0. The minimum Gasteiger partial charge on any atom is -0.364 e. The largest absolute Gasteiger partial charge is 0.364 e. The number of rotatable bonds is 3. The monoisotopic (exact) mass is 286 g/mol. The number of anilines is 1. The molecule has 0 spiro atoms. The van der Waals surface area contributed by atoms with Crippen molar-refractivity contribution < 1.29 is 0 Å². The molecule has 1 aromatic carbocycles. The molecule has 1 aliphatic heterocycles. The summed E-state index contributed by atoms with van der Waals surface area (Å²) >= 11 is 1.84. The van der Waals surface area contributed by atoms with E-state index in [0.29, 0.717) is 0 Å². The zero-order valence-electron chi connectivity index (χ0n) is 12.2. The predicted octanol–water partition coefficient (Wildman–Crippen LogP) is 4.03. The molecule has 1 aliphatic rings. The van der Waals surface area contributed by atoms with Crippen LogP contribution in [0.5, 0.6) is 0 Å². The highest BCUT2D eigenvalue weighted by Crippen LogP contribution is 2.29. The van der Waals surface area contributed by atoms with Crippen LogP contribution in [0.2, 0.25) is 0 Å². The first-order valence-electron chi connectivity index (χ1n) is 7.30. The Kier molecular flexibility index (Phi) is 3.81. The Morgan fingerprint density at radius 1 is 1.25 bits per heavy atom. The van der Waals surface area contributed by atoms with Crippen LogP contribution in [0.25, 0.3) is 0 Å². The van der Waals surface area contributed by atoms with E-state index >= 15 is 0 Å². The standard InChI is InChI=1S/C17H22N2S/c1-3-17(2)13-19(12-15-8-6-10-20-15)16-9-5-4-7-14(16)11-18-17/h4-10,18H,3,11-13H2,1-2H3. The van der Waals surface area contributed by atoms with Gasteiger partial charge in [0, 0.05) is 29.2 Å². The van der Waals surface area contributed by atoms with Crippen molar-refractivity contribution in [3.63, 3.8) is 0 Å². The number of fused-ring (bicyclic) bond motifs is 1. The van der Waals surface area contributed by atoms with E-state index in [1.807, 2.05) is 11.3 Å². The Morgan fingerprint density at radius 2 is 2.10 bits per heavy atom. The lowest BCUT2D eigenvalue weighted by Gasteiger charge is -2.34. The fraction of sp³-hybridized carbons (Fsp3) is 0.412. The molecule has 2 aromatic rings. The molecule has 3 heteroatoms. The molecule has 1 aromatic heterocycles. The van der Waals surface area contributed by atoms with E-state index < -0.39 is 0 Å². The number of para-hydroxylation sites is 1. The van der Waals surface area contributed by atoms with Crippen molar-refractivity contribution in [2.45, 2.75) is 38.9 Å². The smallest absolute Gasteiger partial charge is 0.0523 e. The first kappa shape index (κ1) is 13.7. The van der Waals surface area contributed by atoms with Gasteiger partial charge in [-0.1, -0.05) is 31.2 Å². The van der Waals surface area contributed by atoms with Crippen LogP contribution in [0, 0.1) is 0 Å². The number of hydrogen-bond donors (Lipinski definition) is 1. The van der Waals surface area contributed by atoms with E-state index in [1.165, 1.54) is 16.1 Å². The van der Waals surface area contributed by atoms with Crippen molar-refractivity contribution in [3.05, 3.63) is 52.2 Å². The molecular weight excluding hydrogens is 264 g/mol. The van der Waals surface area contributed by atoms with E-state index in [-0.39, 0.29) is 5.54 Å². The van der Waals surface area contributed by atoms with Crippen LogP contribution in [0.1, 0.15) is 30.7 Å². The molecule has 0 aliphatic carbocycles. The lowest BCUT2D eigenvalue weighted by molar-refractivity contribution is 0.349. The molecule has 0 saturated heterocycles.